The van der Waals surface area contributed by atoms with E-state index in [1.54, 1.807) is 0 Å². The van der Waals surface area contributed by atoms with Gasteiger partial charge in [0.05, 0.1) is 0 Å². The van der Waals surface area contributed by atoms with Gasteiger partial charge < -0.3 is 0 Å². The summed E-state index contributed by atoms with van der Waals surface area (Å²) in [6.07, 6.45) is 1.65. The number of rotatable bonds is 2. The standard InChI is InChI=1S/C10H11ClN2O3S/c1-7-5-9(14)13(6-7)17(15,16)8-3-2-4-12-10(8)11/h2-4,7H,5-6H2,1H3. The van der Waals surface area contributed by atoms with Gasteiger partial charge in [-0.2, -0.15) is 0 Å². The van der Waals surface area contributed by atoms with Gasteiger partial charge in [-0.15, -0.1) is 0 Å². The van der Waals surface area contributed by atoms with Gasteiger partial charge in [-0.25, -0.2) is 17.7 Å². The number of halogens is 1. The lowest BCUT2D eigenvalue weighted by Gasteiger charge is -2.16. The van der Waals surface area contributed by atoms with Crippen molar-refractivity contribution in [2.24, 2.45) is 5.92 Å². The van der Waals surface area contributed by atoms with E-state index in [-0.39, 0.29) is 28.9 Å². The quantitative estimate of drug-likeness (QED) is 0.762. The van der Waals surface area contributed by atoms with Gasteiger partial charge in [0.15, 0.2) is 0 Å². The normalized spacial score (nSPS) is 20.9. The van der Waals surface area contributed by atoms with Crippen LogP contribution in [0.5, 0.6) is 0 Å². The van der Waals surface area contributed by atoms with Crippen LogP contribution in [-0.2, 0) is 14.8 Å². The molecule has 17 heavy (non-hydrogen) atoms. The summed E-state index contributed by atoms with van der Waals surface area (Å²) in [4.78, 5) is 15.2. The second-order valence-corrected chi connectivity index (χ2v) is 6.22. The van der Waals surface area contributed by atoms with Crippen molar-refractivity contribution in [1.29, 1.82) is 0 Å². The number of pyridine rings is 1. The van der Waals surface area contributed by atoms with Crippen molar-refractivity contribution in [3.05, 3.63) is 23.5 Å². The highest BCUT2D eigenvalue weighted by Gasteiger charge is 2.37. The molecule has 1 aliphatic rings. The summed E-state index contributed by atoms with van der Waals surface area (Å²) in [7, 11) is -3.86. The highest BCUT2D eigenvalue weighted by atomic mass is 35.5. The van der Waals surface area contributed by atoms with Crippen molar-refractivity contribution in [1.82, 2.24) is 9.29 Å². The highest BCUT2D eigenvalue weighted by Crippen LogP contribution is 2.27. The van der Waals surface area contributed by atoms with Crippen molar-refractivity contribution in [2.45, 2.75) is 18.2 Å². The van der Waals surface area contributed by atoms with E-state index < -0.39 is 15.9 Å². The monoisotopic (exact) mass is 274 g/mol. The molecule has 1 aromatic rings. The van der Waals surface area contributed by atoms with Crippen molar-refractivity contribution >= 4 is 27.5 Å². The molecule has 1 atom stereocenters. The van der Waals surface area contributed by atoms with Crippen LogP contribution in [0.15, 0.2) is 23.2 Å². The molecular formula is C10H11ClN2O3S. The molecule has 7 heteroatoms. The minimum Gasteiger partial charge on any atom is -0.274 e. The summed E-state index contributed by atoms with van der Waals surface area (Å²) in [5, 5.41) is -0.111. The fourth-order valence-electron chi connectivity index (χ4n) is 1.76. The number of carbonyl (C=O) groups is 1. The fraction of sp³-hybridized carbons (Fsp3) is 0.400. The summed E-state index contributed by atoms with van der Waals surface area (Å²) < 4.78 is 25.3. The van der Waals surface area contributed by atoms with Crippen LogP contribution < -0.4 is 0 Å². The lowest BCUT2D eigenvalue weighted by Crippen LogP contribution is -2.32. The highest BCUT2D eigenvalue weighted by molar-refractivity contribution is 7.89. The lowest BCUT2D eigenvalue weighted by molar-refractivity contribution is -0.123. The second kappa shape index (κ2) is 4.27. The molecule has 1 fully saturated rings. The Balaban J connectivity index is 2.45. The summed E-state index contributed by atoms with van der Waals surface area (Å²) in [5.74, 6) is -0.356. The van der Waals surface area contributed by atoms with Gasteiger partial charge in [0.25, 0.3) is 10.0 Å². The van der Waals surface area contributed by atoms with Crippen molar-refractivity contribution < 1.29 is 13.2 Å². The first kappa shape index (κ1) is 12.3. The first-order valence-corrected chi connectivity index (χ1v) is 6.91. The molecule has 2 rings (SSSR count). The van der Waals surface area contributed by atoms with Crippen molar-refractivity contribution in [3.63, 3.8) is 0 Å². The van der Waals surface area contributed by atoms with E-state index in [2.05, 4.69) is 4.98 Å². The van der Waals surface area contributed by atoms with E-state index in [9.17, 15) is 13.2 Å². The third-order valence-corrected chi connectivity index (χ3v) is 4.80. The zero-order valence-corrected chi connectivity index (χ0v) is 10.7. The van der Waals surface area contributed by atoms with Gasteiger partial charge in [0, 0.05) is 19.2 Å². The molecule has 0 aliphatic carbocycles. The molecule has 0 spiro atoms. The maximum atomic E-state index is 12.2. The average Bonchev–Trinajstić information content (AvgIpc) is 2.59. The van der Waals surface area contributed by atoms with Gasteiger partial charge in [-0.3, -0.25) is 4.79 Å². The average molecular weight is 275 g/mol. The lowest BCUT2D eigenvalue weighted by atomic mass is 10.2. The van der Waals surface area contributed by atoms with Crippen molar-refractivity contribution in [2.75, 3.05) is 6.54 Å². The molecule has 92 valence electrons. The van der Waals surface area contributed by atoms with Crippen molar-refractivity contribution in [3.8, 4) is 0 Å². The van der Waals surface area contributed by atoms with Crippen LogP contribution in [0.1, 0.15) is 13.3 Å². The maximum absolute atomic E-state index is 12.2. The van der Waals surface area contributed by atoms with Gasteiger partial charge in [-0.05, 0) is 18.1 Å². The Morgan fingerprint density at radius 1 is 1.53 bits per heavy atom. The molecule has 0 bridgehead atoms. The minimum absolute atomic E-state index is 0.0349. The first-order chi connectivity index (χ1) is 7.93. The van der Waals surface area contributed by atoms with Crippen LogP contribution in [0.25, 0.3) is 0 Å². The van der Waals surface area contributed by atoms with E-state index in [0.717, 1.165) is 4.31 Å². The van der Waals surface area contributed by atoms with Gasteiger partial charge in [0.2, 0.25) is 5.91 Å². The molecular weight excluding hydrogens is 264 g/mol. The van der Waals surface area contributed by atoms with E-state index in [1.807, 2.05) is 6.92 Å². The number of carbonyl (C=O) groups excluding carboxylic acids is 1. The van der Waals surface area contributed by atoms with Gasteiger partial charge >= 0.3 is 0 Å². The molecule has 0 saturated carbocycles. The van der Waals surface area contributed by atoms with E-state index in [4.69, 9.17) is 11.6 Å². The zero-order chi connectivity index (χ0) is 12.6. The fourth-order valence-corrected chi connectivity index (χ4v) is 3.72. The number of hydrogen-bond donors (Lipinski definition) is 0. The maximum Gasteiger partial charge on any atom is 0.269 e. The molecule has 0 N–H and O–H groups in total. The molecule has 0 aromatic carbocycles. The third-order valence-electron chi connectivity index (χ3n) is 2.57. The summed E-state index contributed by atoms with van der Waals surface area (Å²) in [6, 6.07) is 2.82. The number of amides is 1. The smallest absolute Gasteiger partial charge is 0.269 e. The Hall–Kier alpha value is -1.14. The van der Waals surface area contributed by atoms with E-state index in [0.29, 0.717) is 0 Å². The third kappa shape index (κ3) is 2.14. The molecule has 1 unspecified atom stereocenters. The molecule has 5 nitrogen and oxygen atoms in total. The Morgan fingerprint density at radius 3 is 2.76 bits per heavy atom. The van der Waals surface area contributed by atoms with Crippen LogP contribution in [0.4, 0.5) is 0 Å². The predicted molar refractivity (Wildman–Crippen MR) is 61.9 cm³/mol. The zero-order valence-electron chi connectivity index (χ0n) is 9.13. The molecule has 1 saturated heterocycles. The largest absolute Gasteiger partial charge is 0.274 e. The van der Waals surface area contributed by atoms with Gasteiger partial charge in [0.1, 0.15) is 10.0 Å². The van der Waals surface area contributed by atoms with Crippen LogP contribution in [0, 0.1) is 5.92 Å². The van der Waals surface area contributed by atoms with Crippen LogP contribution in [0.3, 0.4) is 0 Å². The Labute approximate surface area is 104 Å². The number of hydrogen-bond acceptors (Lipinski definition) is 4. The summed E-state index contributed by atoms with van der Waals surface area (Å²) in [5.41, 5.74) is 0. The molecule has 0 radical (unpaired) electrons. The SMILES string of the molecule is CC1CC(=O)N(S(=O)(=O)c2cccnc2Cl)C1. The molecule has 1 aliphatic heterocycles. The van der Waals surface area contributed by atoms with Crippen LogP contribution >= 0.6 is 11.6 Å². The molecule has 1 amide bonds. The Kier molecular flexibility index (Phi) is 3.09. The Bertz CT molecular complexity index is 558. The number of aromatic nitrogens is 1. The summed E-state index contributed by atoms with van der Waals surface area (Å²) >= 11 is 5.74. The van der Waals surface area contributed by atoms with E-state index in [1.165, 1.54) is 18.3 Å². The van der Waals surface area contributed by atoms with Gasteiger partial charge in [-0.1, -0.05) is 18.5 Å². The Morgan fingerprint density at radius 2 is 2.24 bits per heavy atom. The predicted octanol–water partition coefficient (Wildman–Crippen LogP) is 1.29. The minimum atomic E-state index is -3.86. The first-order valence-electron chi connectivity index (χ1n) is 5.09. The second-order valence-electron chi connectivity index (χ2n) is 4.03. The number of nitrogens with zero attached hydrogens (tertiary/aromatic N) is 2. The number of sulfonamides is 1. The topological polar surface area (TPSA) is 67.3 Å². The van der Waals surface area contributed by atoms with E-state index >= 15 is 0 Å². The van der Waals surface area contributed by atoms with Crippen LogP contribution in [-0.4, -0.2) is 30.2 Å². The summed E-state index contributed by atoms with van der Waals surface area (Å²) in [6.45, 7) is 2.03. The molecule has 1 aromatic heterocycles. The van der Waals surface area contributed by atoms with Crippen LogP contribution in [0.2, 0.25) is 5.15 Å². The molecule has 2 heterocycles.